The van der Waals surface area contributed by atoms with E-state index in [1.165, 1.54) is 0 Å². The monoisotopic (exact) mass is 244 g/mol. The van der Waals surface area contributed by atoms with Crippen LogP contribution in [-0.4, -0.2) is 42.1 Å². The second kappa shape index (κ2) is 4.91. The van der Waals surface area contributed by atoms with Crippen molar-refractivity contribution in [2.45, 2.75) is 44.5 Å². The number of ether oxygens (including phenoxy) is 3. The van der Waals surface area contributed by atoms with E-state index in [1.807, 2.05) is 0 Å². The minimum Gasteiger partial charge on any atom is -0.463 e. The van der Waals surface area contributed by atoms with E-state index >= 15 is 0 Å². The van der Waals surface area contributed by atoms with E-state index in [1.54, 1.807) is 6.92 Å². The molecule has 2 aliphatic rings. The van der Waals surface area contributed by atoms with Gasteiger partial charge in [-0.05, 0) is 19.8 Å². The summed E-state index contributed by atoms with van der Waals surface area (Å²) in [6.07, 6.45) is -0.0893. The molecule has 1 heterocycles. The summed E-state index contributed by atoms with van der Waals surface area (Å²) in [6, 6.07) is 0. The fourth-order valence-corrected chi connectivity index (χ4v) is 1.89. The van der Waals surface area contributed by atoms with Crippen LogP contribution in [-0.2, 0) is 19.0 Å². The van der Waals surface area contributed by atoms with Gasteiger partial charge < -0.3 is 19.3 Å². The van der Waals surface area contributed by atoms with Gasteiger partial charge in [0, 0.05) is 6.42 Å². The third-order valence-corrected chi connectivity index (χ3v) is 3.00. The summed E-state index contributed by atoms with van der Waals surface area (Å²) >= 11 is 0. The molecule has 1 saturated carbocycles. The Morgan fingerprint density at radius 3 is 2.71 bits per heavy atom. The van der Waals surface area contributed by atoms with E-state index in [2.05, 4.69) is 4.74 Å². The molecule has 1 aliphatic heterocycles. The van der Waals surface area contributed by atoms with Crippen LogP contribution in [0.25, 0.3) is 0 Å². The maximum Gasteiger partial charge on any atom is 0.506 e. The second-order valence-corrected chi connectivity index (χ2v) is 4.53. The number of rotatable bonds is 4. The maximum atomic E-state index is 11.3. The number of carbonyl (C=O) groups excluding carboxylic acids is 1. The highest BCUT2D eigenvalue weighted by atomic mass is 16.7. The van der Waals surface area contributed by atoms with Gasteiger partial charge in [-0.25, -0.2) is 4.79 Å². The minimum atomic E-state index is -1.30. The van der Waals surface area contributed by atoms with Gasteiger partial charge >= 0.3 is 12.1 Å². The molecule has 2 fully saturated rings. The molecule has 1 N–H and O–H groups in total. The standard InChI is InChI=1S/C11H16O6/c1-6-9(17-11(13)14)4-8(16-6)5-15-10(12)7-2-3-7/h6-9H,2-5H2,1H3,(H,13,14)/t6-,8-,9?/m0/s1. The third-order valence-electron chi connectivity index (χ3n) is 3.00. The molecule has 96 valence electrons. The summed E-state index contributed by atoms with van der Waals surface area (Å²) in [6.45, 7) is 1.93. The van der Waals surface area contributed by atoms with Gasteiger partial charge in [-0.15, -0.1) is 0 Å². The lowest BCUT2D eigenvalue weighted by Crippen LogP contribution is -2.23. The summed E-state index contributed by atoms with van der Waals surface area (Å²) in [5.74, 6) is -0.108. The Morgan fingerprint density at radius 1 is 1.41 bits per heavy atom. The van der Waals surface area contributed by atoms with Crippen LogP contribution in [0.15, 0.2) is 0 Å². The normalized spacial score (nSPS) is 32.2. The fourth-order valence-electron chi connectivity index (χ4n) is 1.89. The topological polar surface area (TPSA) is 82.1 Å². The average Bonchev–Trinajstić information content (AvgIpc) is 3.02. The zero-order valence-electron chi connectivity index (χ0n) is 9.63. The van der Waals surface area contributed by atoms with Crippen molar-refractivity contribution in [3.63, 3.8) is 0 Å². The molecular weight excluding hydrogens is 228 g/mol. The molecule has 17 heavy (non-hydrogen) atoms. The zero-order chi connectivity index (χ0) is 12.4. The van der Waals surface area contributed by atoms with E-state index in [0.717, 1.165) is 12.8 Å². The van der Waals surface area contributed by atoms with Gasteiger partial charge in [0.25, 0.3) is 0 Å². The largest absolute Gasteiger partial charge is 0.506 e. The predicted octanol–water partition coefficient (Wildman–Crippen LogP) is 1.18. The molecule has 1 saturated heterocycles. The highest BCUT2D eigenvalue weighted by molar-refractivity contribution is 5.74. The molecular formula is C11H16O6. The lowest BCUT2D eigenvalue weighted by atomic mass is 10.1. The summed E-state index contributed by atoms with van der Waals surface area (Å²) in [5.41, 5.74) is 0. The highest BCUT2D eigenvalue weighted by Gasteiger charge is 2.37. The average molecular weight is 244 g/mol. The molecule has 6 nitrogen and oxygen atoms in total. The number of hydrogen-bond acceptors (Lipinski definition) is 5. The lowest BCUT2D eigenvalue weighted by Gasteiger charge is -2.11. The van der Waals surface area contributed by atoms with Gasteiger partial charge in [0.2, 0.25) is 0 Å². The van der Waals surface area contributed by atoms with Crippen molar-refractivity contribution in [3.8, 4) is 0 Å². The molecule has 1 unspecified atom stereocenters. The first-order valence-electron chi connectivity index (χ1n) is 5.78. The zero-order valence-corrected chi connectivity index (χ0v) is 9.63. The van der Waals surface area contributed by atoms with Gasteiger partial charge in [0.15, 0.2) is 0 Å². The summed E-state index contributed by atoms with van der Waals surface area (Å²) < 4.78 is 15.2. The van der Waals surface area contributed by atoms with Gasteiger partial charge in [0.1, 0.15) is 12.7 Å². The molecule has 3 atom stereocenters. The quantitative estimate of drug-likeness (QED) is 0.748. The van der Waals surface area contributed by atoms with Crippen molar-refractivity contribution in [3.05, 3.63) is 0 Å². The van der Waals surface area contributed by atoms with Crippen LogP contribution in [0.5, 0.6) is 0 Å². The SMILES string of the molecule is C[C@@H]1O[C@H](COC(=O)C2CC2)CC1OC(=O)O. The molecule has 0 bridgehead atoms. The molecule has 0 aromatic rings. The molecule has 1 aliphatic carbocycles. The van der Waals surface area contributed by atoms with Gasteiger partial charge in [-0.3, -0.25) is 4.79 Å². The van der Waals surface area contributed by atoms with Gasteiger partial charge in [-0.2, -0.15) is 0 Å². The summed E-state index contributed by atoms with van der Waals surface area (Å²) in [7, 11) is 0. The van der Waals surface area contributed by atoms with Gasteiger partial charge in [-0.1, -0.05) is 0 Å². The Labute approximate surface area is 98.8 Å². The van der Waals surface area contributed by atoms with Crippen LogP contribution in [0, 0.1) is 5.92 Å². The van der Waals surface area contributed by atoms with Crippen LogP contribution in [0.4, 0.5) is 4.79 Å². The fraction of sp³-hybridized carbons (Fsp3) is 0.818. The number of carbonyl (C=O) groups is 2. The predicted molar refractivity (Wildman–Crippen MR) is 55.5 cm³/mol. The number of carboxylic acid groups (broad SMARTS) is 1. The van der Waals surface area contributed by atoms with Crippen molar-refractivity contribution < 1.29 is 28.9 Å². The van der Waals surface area contributed by atoms with Crippen LogP contribution in [0.2, 0.25) is 0 Å². The van der Waals surface area contributed by atoms with Crippen molar-refractivity contribution in [1.82, 2.24) is 0 Å². The maximum absolute atomic E-state index is 11.3. The molecule has 0 amide bonds. The molecule has 0 aromatic heterocycles. The van der Waals surface area contributed by atoms with E-state index in [0.29, 0.717) is 6.42 Å². The molecule has 2 rings (SSSR count). The molecule has 0 spiro atoms. The Bertz CT molecular complexity index is 311. The number of hydrogen-bond donors (Lipinski definition) is 1. The van der Waals surface area contributed by atoms with Crippen LogP contribution in [0.3, 0.4) is 0 Å². The smallest absolute Gasteiger partial charge is 0.463 e. The van der Waals surface area contributed by atoms with E-state index in [9.17, 15) is 9.59 Å². The van der Waals surface area contributed by atoms with Crippen molar-refractivity contribution >= 4 is 12.1 Å². The van der Waals surface area contributed by atoms with E-state index < -0.39 is 12.3 Å². The third kappa shape index (κ3) is 3.33. The Hall–Kier alpha value is -1.30. The van der Waals surface area contributed by atoms with Crippen molar-refractivity contribution in [2.75, 3.05) is 6.61 Å². The number of esters is 1. The minimum absolute atomic E-state index is 0.0693. The van der Waals surface area contributed by atoms with Crippen LogP contribution >= 0.6 is 0 Å². The first-order valence-corrected chi connectivity index (χ1v) is 5.78. The van der Waals surface area contributed by atoms with Crippen molar-refractivity contribution in [2.24, 2.45) is 5.92 Å². The Morgan fingerprint density at radius 2 is 2.12 bits per heavy atom. The molecule has 6 heteroatoms. The van der Waals surface area contributed by atoms with E-state index in [4.69, 9.17) is 14.6 Å². The van der Waals surface area contributed by atoms with Crippen LogP contribution < -0.4 is 0 Å². The Balaban J connectivity index is 1.72. The first kappa shape index (κ1) is 12.2. The second-order valence-electron chi connectivity index (χ2n) is 4.53. The molecule has 0 aromatic carbocycles. The van der Waals surface area contributed by atoms with Gasteiger partial charge in [0.05, 0.1) is 18.1 Å². The first-order chi connectivity index (χ1) is 8.06. The highest BCUT2D eigenvalue weighted by Crippen LogP contribution is 2.30. The summed E-state index contributed by atoms with van der Waals surface area (Å²) in [4.78, 5) is 21.7. The Kier molecular flexibility index (Phi) is 3.51. The van der Waals surface area contributed by atoms with Crippen LogP contribution in [0.1, 0.15) is 26.2 Å². The summed E-state index contributed by atoms with van der Waals surface area (Å²) in [5, 5.41) is 8.51. The lowest BCUT2D eigenvalue weighted by molar-refractivity contribution is -0.149. The molecule has 0 radical (unpaired) electrons. The van der Waals surface area contributed by atoms with E-state index in [-0.39, 0.29) is 30.7 Å². The van der Waals surface area contributed by atoms with Crippen molar-refractivity contribution in [1.29, 1.82) is 0 Å².